The summed E-state index contributed by atoms with van der Waals surface area (Å²) in [4.78, 5) is 30.6. The van der Waals surface area contributed by atoms with E-state index in [4.69, 9.17) is 14.5 Å². The van der Waals surface area contributed by atoms with Crippen LogP contribution in [0.3, 0.4) is 0 Å². The van der Waals surface area contributed by atoms with E-state index in [2.05, 4.69) is 5.32 Å². The molecule has 4 aromatic rings. The topological polar surface area (TPSA) is 82.5 Å². The molecule has 1 amide bonds. The highest BCUT2D eigenvalue weighted by atomic mass is 32.2. The molecule has 0 spiro atoms. The van der Waals surface area contributed by atoms with E-state index in [1.807, 2.05) is 43.5 Å². The molecule has 0 bridgehead atoms. The Kier molecular flexibility index (Phi) is 7.23. The third kappa shape index (κ3) is 4.80. The molecule has 176 valence electrons. The zero-order valence-electron chi connectivity index (χ0n) is 19.4. The number of fused-ring (bicyclic) bond motifs is 1. The van der Waals surface area contributed by atoms with Gasteiger partial charge in [0.15, 0.2) is 16.7 Å². The fourth-order valence-corrected chi connectivity index (χ4v) is 5.37. The van der Waals surface area contributed by atoms with Crippen molar-refractivity contribution in [2.45, 2.75) is 25.5 Å². The number of anilines is 1. The maximum atomic E-state index is 13.1. The van der Waals surface area contributed by atoms with E-state index in [9.17, 15) is 9.59 Å². The Bertz CT molecular complexity index is 1390. The number of nitrogens with zero attached hydrogens (tertiary/aromatic N) is 2. The minimum atomic E-state index is -0.210. The van der Waals surface area contributed by atoms with Crippen LogP contribution >= 0.6 is 23.1 Å². The van der Waals surface area contributed by atoms with Crippen LogP contribution in [0.2, 0.25) is 0 Å². The average molecular weight is 496 g/mol. The number of amides is 1. The van der Waals surface area contributed by atoms with Crippen LogP contribution in [0.15, 0.2) is 57.8 Å². The Morgan fingerprint density at radius 1 is 1.12 bits per heavy atom. The van der Waals surface area contributed by atoms with Crippen LogP contribution in [-0.2, 0) is 11.3 Å². The number of ether oxygens (including phenoxy) is 2. The first-order chi connectivity index (χ1) is 16.4. The van der Waals surface area contributed by atoms with Crippen molar-refractivity contribution in [2.75, 3.05) is 25.3 Å². The van der Waals surface area contributed by atoms with Gasteiger partial charge in [-0.1, -0.05) is 41.6 Å². The van der Waals surface area contributed by atoms with Crippen LogP contribution in [0.1, 0.15) is 12.5 Å². The molecular weight excluding hydrogens is 470 g/mol. The third-order valence-electron chi connectivity index (χ3n) is 5.32. The molecule has 0 aliphatic carbocycles. The summed E-state index contributed by atoms with van der Waals surface area (Å²) in [6, 6.07) is 13.3. The van der Waals surface area contributed by atoms with Crippen molar-refractivity contribution >= 4 is 44.9 Å². The number of carbonyl (C=O) groups excluding carboxylic acids is 1. The normalized spacial score (nSPS) is 10.9. The van der Waals surface area contributed by atoms with Crippen LogP contribution in [0.4, 0.5) is 5.69 Å². The molecule has 9 heteroatoms. The zero-order valence-corrected chi connectivity index (χ0v) is 21.0. The first-order valence-electron chi connectivity index (χ1n) is 10.7. The molecule has 0 fully saturated rings. The SMILES string of the molecule is CCn1c(SCC(=O)Nc2ccc(OC)c(OC)c2)nc2c(-c3ccc(C)cc3)csc2c1=O. The van der Waals surface area contributed by atoms with Crippen LogP contribution < -0.4 is 20.3 Å². The van der Waals surface area contributed by atoms with E-state index in [1.54, 1.807) is 37.0 Å². The number of hydrogen-bond donors (Lipinski definition) is 1. The van der Waals surface area contributed by atoms with E-state index in [0.717, 1.165) is 11.1 Å². The lowest BCUT2D eigenvalue weighted by molar-refractivity contribution is -0.113. The van der Waals surface area contributed by atoms with Crippen LogP contribution in [0, 0.1) is 6.92 Å². The van der Waals surface area contributed by atoms with Crippen molar-refractivity contribution in [3.05, 3.63) is 63.8 Å². The molecular formula is C25H25N3O4S2. The Morgan fingerprint density at radius 2 is 1.85 bits per heavy atom. The smallest absolute Gasteiger partial charge is 0.272 e. The number of nitrogens with one attached hydrogen (secondary N) is 1. The molecule has 0 saturated carbocycles. The number of methoxy groups -OCH3 is 2. The quantitative estimate of drug-likeness (QED) is 0.267. The number of hydrogen-bond acceptors (Lipinski definition) is 7. The molecule has 2 heterocycles. The number of carbonyl (C=O) groups is 1. The molecule has 0 atom stereocenters. The molecule has 34 heavy (non-hydrogen) atoms. The van der Waals surface area contributed by atoms with Crippen molar-refractivity contribution in [3.63, 3.8) is 0 Å². The zero-order chi connectivity index (χ0) is 24.2. The Hall–Kier alpha value is -3.30. The lowest BCUT2D eigenvalue weighted by Gasteiger charge is -2.12. The van der Waals surface area contributed by atoms with E-state index in [-0.39, 0.29) is 17.2 Å². The van der Waals surface area contributed by atoms with Gasteiger partial charge >= 0.3 is 0 Å². The number of aryl methyl sites for hydroxylation is 1. The number of benzene rings is 2. The molecule has 0 aliphatic heterocycles. The van der Waals surface area contributed by atoms with E-state index in [0.29, 0.717) is 39.1 Å². The molecule has 2 aromatic heterocycles. The largest absolute Gasteiger partial charge is 0.493 e. The molecule has 1 N–H and O–H groups in total. The molecule has 0 aliphatic rings. The fourth-order valence-electron chi connectivity index (χ4n) is 3.55. The highest BCUT2D eigenvalue weighted by molar-refractivity contribution is 7.99. The number of aromatic nitrogens is 2. The molecule has 7 nitrogen and oxygen atoms in total. The van der Waals surface area contributed by atoms with E-state index >= 15 is 0 Å². The number of thioether (sulfide) groups is 1. The first kappa shape index (κ1) is 23.8. The van der Waals surface area contributed by atoms with Gasteiger partial charge in [0, 0.05) is 29.2 Å². The van der Waals surface area contributed by atoms with Crippen LogP contribution in [-0.4, -0.2) is 35.4 Å². The molecule has 0 radical (unpaired) electrons. The minimum absolute atomic E-state index is 0.0846. The molecule has 0 unspecified atom stereocenters. The summed E-state index contributed by atoms with van der Waals surface area (Å²) in [5.74, 6) is 1.01. The standard InChI is InChI=1S/C25H25N3O4S2/c1-5-28-24(30)23-22(18(13-33-23)16-8-6-15(2)7-9-16)27-25(28)34-14-21(29)26-17-10-11-19(31-3)20(12-17)32-4/h6-13H,5,14H2,1-4H3,(H,26,29). The maximum absolute atomic E-state index is 13.1. The van der Waals surface area contributed by atoms with Gasteiger partial charge in [0.2, 0.25) is 5.91 Å². The summed E-state index contributed by atoms with van der Waals surface area (Å²) < 4.78 is 12.8. The first-order valence-corrected chi connectivity index (χ1v) is 12.6. The van der Waals surface area contributed by atoms with Crippen molar-refractivity contribution < 1.29 is 14.3 Å². The summed E-state index contributed by atoms with van der Waals surface area (Å²) in [6.45, 7) is 4.41. The number of thiophene rings is 1. The second-order valence-electron chi connectivity index (χ2n) is 7.54. The predicted molar refractivity (Wildman–Crippen MR) is 139 cm³/mol. The van der Waals surface area contributed by atoms with Crippen molar-refractivity contribution in [3.8, 4) is 22.6 Å². The summed E-state index contributed by atoms with van der Waals surface area (Å²) in [7, 11) is 3.10. The predicted octanol–water partition coefficient (Wildman–Crippen LogP) is 5.20. The van der Waals surface area contributed by atoms with Crippen LogP contribution in [0.5, 0.6) is 11.5 Å². The minimum Gasteiger partial charge on any atom is -0.493 e. The number of rotatable bonds is 8. The highest BCUT2D eigenvalue weighted by Gasteiger charge is 2.17. The van der Waals surface area contributed by atoms with Crippen molar-refractivity contribution in [2.24, 2.45) is 0 Å². The maximum Gasteiger partial charge on any atom is 0.272 e. The van der Waals surface area contributed by atoms with Crippen molar-refractivity contribution in [1.29, 1.82) is 0 Å². The molecule has 0 saturated heterocycles. The molecule has 2 aromatic carbocycles. The lowest BCUT2D eigenvalue weighted by Crippen LogP contribution is -2.22. The van der Waals surface area contributed by atoms with Gasteiger partial charge in [-0.25, -0.2) is 4.98 Å². The summed E-state index contributed by atoms with van der Waals surface area (Å²) in [6.07, 6.45) is 0. The van der Waals surface area contributed by atoms with Gasteiger partial charge < -0.3 is 14.8 Å². The van der Waals surface area contributed by atoms with Gasteiger partial charge in [0.1, 0.15) is 4.70 Å². The van der Waals surface area contributed by atoms with Gasteiger partial charge in [-0.15, -0.1) is 11.3 Å². The van der Waals surface area contributed by atoms with Gasteiger partial charge in [-0.2, -0.15) is 0 Å². The fraction of sp³-hybridized carbons (Fsp3) is 0.240. The van der Waals surface area contributed by atoms with Gasteiger partial charge in [-0.3, -0.25) is 14.2 Å². The summed E-state index contributed by atoms with van der Waals surface area (Å²) in [5, 5.41) is 5.35. The average Bonchev–Trinajstić information content (AvgIpc) is 3.27. The Balaban J connectivity index is 1.58. The second-order valence-corrected chi connectivity index (χ2v) is 9.37. The van der Waals surface area contributed by atoms with E-state index in [1.165, 1.54) is 28.7 Å². The third-order valence-corrected chi connectivity index (χ3v) is 7.25. The lowest BCUT2D eigenvalue weighted by atomic mass is 10.1. The van der Waals surface area contributed by atoms with Crippen LogP contribution in [0.25, 0.3) is 21.3 Å². The van der Waals surface area contributed by atoms with Crippen molar-refractivity contribution in [1.82, 2.24) is 9.55 Å². The van der Waals surface area contributed by atoms with Gasteiger partial charge in [0.05, 0.1) is 25.5 Å². The monoisotopic (exact) mass is 495 g/mol. The van der Waals surface area contributed by atoms with Gasteiger partial charge in [-0.05, 0) is 31.5 Å². The Morgan fingerprint density at radius 3 is 2.53 bits per heavy atom. The molecule has 4 rings (SSSR count). The summed E-state index contributed by atoms with van der Waals surface area (Å²) >= 11 is 2.65. The van der Waals surface area contributed by atoms with E-state index < -0.39 is 0 Å². The second kappa shape index (κ2) is 10.3. The Labute approximate surface area is 205 Å². The van der Waals surface area contributed by atoms with Gasteiger partial charge in [0.25, 0.3) is 5.56 Å². The highest BCUT2D eigenvalue weighted by Crippen LogP contribution is 2.33. The summed E-state index contributed by atoms with van der Waals surface area (Å²) in [5.41, 5.74) is 4.29.